The van der Waals surface area contributed by atoms with Gasteiger partial charge in [0.1, 0.15) is 0 Å². The van der Waals surface area contributed by atoms with E-state index in [1.54, 1.807) is 0 Å². The Labute approximate surface area is 103 Å². The van der Waals surface area contributed by atoms with Gasteiger partial charge in [0.25, 0.3) is 0 Å². The Bertz CT molecular complexity index is 205. The van der Waals surface area contributed by atoms with Crippen LogP contribution in [0, 0.1) is 5.92 Å². The molecule has 1 aliphatic rings. The minimum absolute atomic E-state index is 0.224. The summed E-state index contributed by atoms with van der Waals surface area (Å²) in [4.78, 5) is 11.7. The molecule has 1 fully saturated rings. The van der Waals surface area contributed by atoms with E-state index >= 15 is 0 Å². The summed E-state index contributed by atoms with van der Waals surface area (Å²) in [6.45, 7) is 4.21. The van der Waals surface area contributed by atoms with Crippen molar-refractivity contribution >= 4 is 17.7 Å². The molecule has 1 rings (SSSR count). The number of nitrogens with one attached hydrogen (secondary N) is 2. The Kier molecular flexibility index (Phi) is 6.88. The van der Waals surface area contributed by atoms with Crippen molar-refractivity contribution in [2.45, 2.75) is 38.6 Å². The zero-order chi connectivity index (χ0) is 11.8. The Hall–Kier alpha value is -0.220. The summed E-state index contributed by atoms with van der Waals surface area (Å²) in [5.74, 6) is 1.88. The second-order valence-electron chi connectivity index (χ2n) is 4.67. The van der Waals surface area contributed by atoms with Crippen molar-refractivity contribution in [2.24, 2.45) is 5.92 Å². The summed E-state index contributed by atoms with van der Waals surface area (Å²) in [7, 11) is 0. The lowest BCUT2D eigenvalue weighted by molar-refractivity contribution is -0.122. The molecule has 0 aromatic carbocycles. The minimum Gasteiger partial charge on any atom is -0.354 e. The van der Waals surface area contributed by atoms with Crippen molar-refractivity contribution in [2.75, 3.05) is 25.1 Å². The fraction of sp³-hybridized carbons (Fsp3) is 0.917. The van der Waals surface area contributed by atoms with Crippen LogP contribution in [0.2, 0.25) is 0 Å². The van der Waals surface area contributed by atoms with Gasteiger partial charge in [-0.25, -0.2) is 0 Å². The summed E-state index contributed by atoms with van der Waals surface area (Å²) in [5.41, 5.74) is 0. The highest BCUT2D eigenvalue weighted by atomic mass is 32.2. The van der Waals surface area contributed by atoms with Crippen LogP contribution in [0.25, 0.3) is 0 Å². The predicted octanol–water partition coefficient (Wildman–Crippen LogP) is 1.63. The van der Waals surface area contributed by atoms with Crippen LogP contribution in [0.5, 0.6) is 0 Å². The molecule has 0 saturated carbocycles. The largest absolute Gasteiger partial charge is 0.354 e. The Morgan fingerprint density at radius 3 is 3.06 bits per heavy atom. The van der Waals surface area contributed by atoms with E-state index in [1.165, 1.54) is 12.8 Å². The van der Waals surface area contributed by atoms with Gasteiger partial charge in [-0.3, -0.25) is 4.79 Å². The molecule has 0 aromatic rings. The number of hydrogen-bond acceptors (Lipinski definition) is 3. The molecule has 1 amide bonds. The lowest BCUT2D eigenvalue weighted by Crippen LogP contribution is -2.37. The van der Waals surface area contributed by atoms with Crippen LogP contribution in [0.15, 0.2) is 0 Å². The van der Waals surface area contributed by atoms with Crippen LogP contribution in [0.1, 0.15) is 32.6 Å². The number of hydrogen-bond donors (Lipinski definition) is 2. The Balaban J connectivity index is 2.13. The Morgan fingerprint density at radius 2 is 2.44 bits per heavy atom. The van der Waals surface area contributed by atoms with E-state index in [0.717, 1.165) is 25.3 Å². The van der Waals surface area contributed by atoms with Gasteiger partial charge in [0.15, 0.2) is 0 Å². The van der Waals surface area contributed by atoms with E-state index in [4.69, 9.17) is 0 Å². The topological polar surface area (TPSA) is 41.1 Å². The van der Waals surface area contributed by atoms with Gasteiger partial charge in [-0.2, -0.15) is 11.8 Å². The molecular formula is C12H24N2OS. The van der Waals surface area contributed by atoms with Gasteiger partial charge in [0, 0.05) is 12.5 Å². The van der Waals surface area contributed by atoms with Crippen molar-refractivity contribution in [1.29, 1.82) is 0 Å². The predicted molar refractivity (Wildman–Crippen MR) is 70.8 cm³/mol. The second-order valence-corrected chi connectivity index (χ2v) is 5.65. The van der Waals surface area contributed by atoms with Gasteiger partial charge in [-0.1, -0.05) is 0 Å². The highest BCUT2D eigenvalue weighted by Crippen LogP contribution is 2.13. The molecule has 2 unspecified atom stereocenters. The molecule has 4 heteroatoms. The average Bonchev–Trinajstić information content (AvgIpc) is 2.27. The molecule has 2 N–H and O–H groups in total. The third-order valence-electron chi connectivity index (χ3n) is 3.04. The molecule has 0 spiro atoms. The maximum Gasteiger partial charge on any atom is 0.220 e. The fourth-order valence-electron chi connectivity index (χ4n) is 2.06. The highest BCUT2D eigenvalue weighted by Gasteiger charge is 2.17. The zero-order valence-corrected chi connectivity index (χ0v) is 11.2. The molecule has 1 heterocycles. The first kappa shape index (κ1) is 13.8. The van der Waals surface area contributed by atoms with Crippen LogP contribution >= 0.6 is 11.8 Å². The zero-order valence-electron chi connectivity index (χ0n) is 10.4. The van der Waals surface area contributed by atoms with Crippen LogP contribution in [-0.4, -0.2) is 37.0 Å². The summed E-state index contributed by atoms with van der Waals surface area (Å²) < 4.78 is 0. The standard InChI is InChI=1S/C12H24N2OS/c1-10(5-7-16-2)14-12(15)8-11-4-3-6-13-9-11/h10-11,13H,3-9H2,1-2H3,(H,14,15). The number of piperidine rings is 1. The van der Waals surface area contributed by atoms with Gasteiger partial charge in [0.05, 0.1) is 0 Å². The number of carbonyl (C=O) groups is 1. The molecule has 0 bridgehead atoms. The van der Waals surface area contributed by atoms with E-state index in [-0.39, 0.29) is 5.91 Å². The van der Waals surface area contributed by atoms with E-state index in [1.807, 2.05) is 11.8 Å². The van der Waals surface area contributed by atoms with Gasteiger partial charge in [-0.15, -0.1) is 0 Å². The van der Waals surface area contributed by atoms with Crippen LogP contribution in [0.3, 0.4) is 0 Å². The summed E-state index contributed by atoms with van der Waals surface area (Å²) in [5, 5.41) is 6.43. The number of rotatable bonds is 6. The van der Waals surface area contributed by atoms with Gasteiger partial charge >= 0.3 is 0 Å². The van der Waals surface area contributed by atoms with E-state index in [9.17, 15) is 4.79 Å². The summed E-state index contributed by atoms with van der Waals surface area (Å²) in [6, 6.07) is 0.316. The van der Waals surface area contributed by atoms with E-state index in [2.05, 4.69) is 23.8 Å². The van der Waals surface area contributed by atoms with Gasteiger partial charge in [-0.05, 0) is 57.2 Å². The minimum atomic E-state index is 0.224. The first-order chi connectivity index (χ1) is 7.72. The lowest BCUT2D eigenvalue weighted by Gasteiger charge is -2.23. The molecule has 94 valence electrons. The number of thioether (sulfide) groups is 1. The van der Waals surface area contributed by atoms with Crippen LogP contribution in [-0.2, 0) is 4.79 Å². The molecule has 0 radical (unpaired) electrons. The first-order valence-electron chi connectivity index (χ1n) is 6.21. The molecule has 1 saturated heterocycles. The van der Waals surface area contributed by atoms with Crippen LogP contribution in [0.4, 0.5) is 0 Å². The summed E-state index contributed by atoms with van der Waals surface area (Å²) in [6.07, 6.45) is 6.26. The molecule has 2 atom stereocenters. The first-order valence-corrected chi connectivity index (χ1v) is 7.60. The molecule has 3 nitrogen and oxygen atoms in total. The lowest BCUT2D eigenvalue weighted by atomic mass is 9.96. The van der Waals surface area contributed by atoms with Crippen molar-refractivity contribution < 1.29 is 4.79 Å². The normalized spacial score (nSPS) is 22.8. The van der Waals surface area contributed by atoms with E-state index < -0.39 is 0 Å². The van der Waals surface area contributed by atoms with Crippen molar-refractivity contribution in [3.05, 3.63) is 0 Å². The maximum absolute atomic E-state index is 11.7. The average molecular weight is 244 g/mol. The molecule has 0 aromatic heterocycles. The van der Waals surface area contributed by atoms with Crippen LogP contribution < -0.4 is 10.6 Å². The smallest absolute Gasteiger partial charge is 0.220 e. The third kappa shape index (κ3) is 5.75. The van der Waals surface area contributed by atoms with Crippen molar-refractivity contribution in [1.82, 2.24) is 10.6 Å². The third-order valence-corrected chi connectivity index (χ3v) is 3.68. The van der Waals surface area contributed by atoms with Crippen molar-refractivity contribution in [3.63, 3.8) is 0 Å². The molecule has 1 aliphatic heterocycles. The quantitative estimate of drug-likeness (QED) is 0.746. The van der Waals surface area contributed by atoms with Crippen molar-refractivity contribution in [3.8, 4) is 0 Å². The van der Waals surface area contributed by atoms with E-state index in [0.29, 0.717) is 18.4 Å². The molecule has 16 heavy (non-hydrogen) atoms. The monoisotopic (exact) mass is 244 g/mol. The Morgan fingerprint density at radius 1 is 1.62 bits per heavy atom. The number of amides is 1. The van der Waals surface area contributed by atoms with Gasteiger partial charge in [0.2, 0.25) is 5.91 Å². The highest BCUT2D eigenvalue weighted by molar-refractivity contribution is 7.98. The molecule has 0 aliphatic carbocycles. The number of carbonyl (C=O) groups excluding carboxylic acids is 1. The fourth-order valence-corrected chi connectivity index (χ4v) is 2.65. The molecular weight excluding hydrogens is 220 g/mol. The maximum atomic E-state index is 11.7. The SMILES string of the molecule is CSCCC(C)NC(=O)CC1CCCNC1. The summed E-state index contributed by atoms with van der Waals surface area (Å²) >= 11 is 1.83. The second kappa shape index (κ2) is 7.96. The van der Waals surface area contributed by atoms with Gasteiger partial charge < -0.3 is 10.6 Å².